The first-order valence-electron chi connectivity index (χ1n) is 8.23. The van der Waals surface area contributed by atoms with Gasteiger partial charge in [0.1, 0.15) is 11.4 Å². The zero-order valence-corrected chi connectivity index (χ0v) is 12.7. The fourth-order valence-electron chi connectivity index (χ4n) is 3.97. The van der Waals surface area contributed by atoms with Gasteiger partial charge >= 0.3 is 0 Å². The Bertz CT molecular complexity index is 402. The average Bonchev–Trinajstić information content (AvgIpc) is 2.77. The molecule has 4 nitrogen and oxygen atoms in total. The van der Waals surface area contributed by atoms with E-state index in [2.05, 4.69) is 24.5 Å². The van der Waals surface area contributed by atoms with Crippen molar-refractivity contribution in [2.45, 2.75) is 57.9 Å². The average molecular weight is 277 g/mol. The Hall–Kier alpha value is -0.900. The molecule has 112 valence electrons. The molecule has 1 saturated heterocycles. The lowest BCUT2D eigenvalue weighted by molar-refractivity contribution is -0.124. The Morgan fingerprint density at radius 3 is 2.40 bits per heavy atom. The lowest BCUT2D eigenvalue weighted by Crippen LogP contribution is -2.47. The highest BCUT2D eigenvalue weighted by molar-refractivity contribution is 6.09. The van der Waals surface area contributed by atoms with Gasteiger partial charge in [-0.05, 0) is 63.5 Å². The lowest BCUT2D eigenvalue weighted by Gasteiger charge is -2.30. The highest BCUT2D eigenvalue weighted by Gasteiger charge is 2.45. The van der Waals surface area contributed by atoms with Gasteiger partial charge in [-0.3, -0.25) is 9.79 Å². The number of carbonyl (C=O) groups excluding carboxylic acids is 1. The minimum absolute atomic E-state index is 0.153. The number of nitrogens with zero attached hydrogens (tertiary/aromatic N) is 1. The third-order valence-electron chi connectivity index (χ3n) is 5.53. The zero-order chi connectivity index (χ0) is 14.2. The standard InChI is InChI=1S/C16H27N3O/c1-11(2)12-3-5-13(6-4-12)14-18-15(20)16(19-14)7-9-17-10-8-16/h11-13,17H,3-10H2,1-2H3,(H,18,19,20). The van der Waals surface area contributed by atoms with E-state index in [0.717, 1.165) is 43.6 Å². The number of aliphatic imine (C=N–C) groups is 1. The molecule has 1 amide bonds. The van der Waals surface area contributed by atoms with Crippen LogP contribution in [0.25, 0.3) is 0 Å². The van der Waals surface area contributed by atoms with Gasteiger partial charge < -0.3 is 10.6 Å². The van der Waals surface area contributed by atoms with Crippen molar-refractivity contribution in [2.24, 2.45) is 22.7 Å². The molecule has 1 aliphatic carbocycles. The van der Waals surface area contributed by atoms with Crippen molar-refractivity contribution in [3.8, 4) is 0 Å². The van der Waals surface area contributed by atoms with Gasteiger partial charge in [0.05, 0.1) is 0 Å². The Labute approximate surface area is 121 Å². The first-order valence-corrected chi connectivity index (χ1v) is 8.23. The summed E-state index contributed by atoms with van der Waals surface area (Å²) in [5.74, 6) is 3.28. The molecule has 20 heavy (non-hydrogen) atoms. The van der Waals surface area contributed by atoms with Gasteiger partial charge in [0.2, 0.25) is 0 Å². The molecule has 0 radical (unpaired) electrons. The largest absolute Gasteiger partial charge is 0.317 e. The van der Waals surface area contributed by atoms with Crippen LogP contribution in [0.3, 0.4) is 0 Å². The molecule has 0 bridgehead atoms. The predicted molar refractivity (Wildman–Crippen MR) is 80.7 cm³/mol. The smallest absolute Gasteiger partial charge is 0.253 e. The predicted octanol–water partition coefficient (Wildman–Crippen LogP) is 2.10. The van der Waals surface area contributed by atoms with Crippen molar-refractivity contribution < 1.29 is 4.79 Å². The number of hydrogen-bond acceptors (Lipinski definition) is 3. The van der Waals surface area contributed by atoms with Crippen molar-refractivity contribution >= 4 is 11.7 Å². The highest BCUT2D eigenvalue weighted by Crippen LogP contribution is 2.36. The number of carbonyl (C=O) groups is 1. The van der Waals surface area contributed by atoms with Crippen molar-refractivity contribution in [1.29, 1.82) is 0 Å². The number of amidine groups is 1. The Kier molecular flexibility index (Phi) is 3.85. The first kappa shape index (κ1) is 14.1. The number of nitrogens with one attached hydrogen (secondary N) is 2. The van der Waals surface area contributed by atoms with E-state index >= 15 is 0 Å². The molecule has 2 N–H and O–H groups in total. The van der Waals surface area contributed by atoms with Crippen molar-refractivity contribution in [1.82, 2.24) is 10.6 Å². The molecular formula is C16H27N3O. The number of hydrogen-bond donors (Lipinski definition) is 2. The van der Waals surface area contributed by atoms with Crippen molar-refractivity contribution in [3.05, 3.63) is 0 Å². The molecule has 3 aliphatic rings. The number of rotatable bonds is 2. The van der Waals surface area contributed by atoms with Crippen molar-refractivity contribution in [2.75, 3.05) is 13.1 Å². The van der Waals surface area contributed by atoms with Crippen molar-refractivity contribution in [3.63, 3.8) is 0 Å². The van der Waals surface area contributed by atoms with Crippen LogP contribution in [-0.2, 0) is 4.79 Å². The van der Waals surface area contributed by atoms with E-state index in [9.17, 15) is 4.79 Å². The third kappa shape index (κ3) is 2.50. The molecule has 0 unspecified atom stereocenters. The summed E-state index contributed by atoms with van der Waals surface area (Å²) in [7, 11) is 0. The first-order chi connectivity index (χ1) is 9.61. The summed E-state index contributed by atoms with van der Waals surface area (Å²) in [6.07, 6.45) is 6.65. The van der Waals surface area contributed by atoms with E-state index in [-0.39, 0.29) is 5.91 Å². The maximum Gasteiger partial charge on any atom is 0.253 e. The molecule has 0 atom stereocenters. The maximum absolute atomic E-state index is 12.3. The molecule has 3 rings (SSSR count). The van der Waals surface area contributed by atoms with Gasteiger partial charge in [-0.15, -0.1) is 0 Å². The third-order valence-corrected chi connectivity index (χ3v) is 5.53. The monoisotopic (exact) mass is 277 g/mol. The van der Waals surface area contributed by atoms with E-state index in [0.29, 0.717) is 5.92 Å². The van der Waals surface area contributed by atoms with Crippen LogP contribution in [-0.4, -0.2) is 30.4 Å². The summed E-state index contributed by atoms with van der Waals surface area (Å²) in [5, 5.41) is 6.43. The molecule has 1 spiro atoms. The Morgan fingerprint density at radius 2 is 1.80 bits per heavy atom. The Balaban J connectivity index is 1.66. The van der Waals surface area contributed by atoms with E-state index < -0.39 is 5.54 Å². The normalized spacial score (nSPS) is 33.4. The van der Waals surface area contributed by atoms with Crippen LogP contribution in [0, 0.1) is 17.8 Å². The lowest BCUT2D eigenvalue weighted by atomic mass is 9.76. The van der Waals surface area contributed by atoms with Crippen LogP contribution in [0.2, 0.25) is 0 Å². The fraction of sp³-hybridized carbons (Fsp3) is 0.875. The molecule has 1 saturated carbocycles. The summed E-state index contributed by atoms with van der Waals surface area (Å²) in [5.41, 5.74) is -0.435. The molecule has 4 heteroatoms. The molecule has 2 heterocycles. The minimum Gasteiger partial charge on any atom is -0.317 e. The van der Waals surface area contributed by atoms with E-state index in [1.807, 2.05) is 0 Å². The minimum atomic E-state index is -0.435. The molecule has 0 aromatic heterocycles. The summed E-state index contributed by atoms with van der Waals surface area (Å²) < 4.78 is 0. The van der Waals surface area contributed by atoms with E-state index in [1.54, 1.807) is 0 Å². The maximum atomic E-state index is 12.3. The van der Waals surface area contributed by atoms with Crippen LogP contribution in [0.15, 0.2) is 4.99 Å². The van der Waals surface area contributed by atoms with E-state index in [4.69, 9.17) is 4.99 Å². The topological polar surface area (TPSA) is 53.5 Å². The zero-order valence-electron chi connectivity index (χ0n) is 12.7. The Morgan fingerprint density at radius 1 is 1.15 bits per heavy atom. The number of amides is 1. The van der Waals surface area contributed by atoms with Crippen LogP contribution < -0.4 is 10.6 Å². The highest BCUT2D eigenvalue weighted by atomic mass is 16.2. The number of piperidine rings is 1. The van der Waals surface area contributed by atoms with Gasteiger partial charge in [-0.25, -0.2) is 0 Å². The summed E-state index contributed by atoms with van der Waals surface area (Å²) in [6.45, 7) is 6.46. The summed E-state index contributed by atoms with van der Waals surface area (Å²) >= 11 is 0. The van der Waals surface area contributed by atoms with Gasteiger partial charge in [0.25, 0.3) is 5.91 Å². The molecule has 0 aromatic carbocycles. The second kappa shape index (κ2) is 5.47. The molecular weight excluding hydrogens is 250 g/mol. The summed E-state index contributed by atoms with van der Waals surface area (Å²) in [6, 6.07) is 0. The summed E-state index contributed by atoms with van der Waals surface area (Å²) in [4.78, 5) is 17.2. The second-order valence-electron chi connectivity index (χ2n) is 7.09. The SMILES string of the molecule is CC(C)C1CCC(C2=NC3(CCNCC3)C(=O)N2)CC1. The molecule has 0 aromatic rings. The van der Waals surface area contributed by atoms with Gasteiger partial charge in [0, 0.05) is 5.92 Å². The van der Waals surface area contributed by atoms with Gasteiger partial charge in [0.15, 0.2) is 0 Å². The fourth-order valence-corrected chi connectivity index (χ4v) is 3.97. The van der Waals surface area contributed by atoms with E-state index in [1.165, 1.54) is 25.7 Å². The van der Waals surface area contributed by atoms with Crippen LogP contribution in [0.4, 0.5) is 0 Å². The molecule has 2 aliphatic heterocycles. The molecule has 2 fully saturated rings. The second-order valence-corrected chi connectivity index (χ2v) is 7.09. The van der Waals surface area contributed by atoms with Crippen LogP contribution in [0.1, 0.15) is 52.4 Å². The van der Waals surface area contributed by atoms with Crippen LogP contribution >= 0.6 is 0 Å². The van der Waals surface area contributed by atoms with Gasteiger partial charge in [-0.2, -0.15) is 0 Å². The quantitative estimate of drug-likeness (QED) is 0.812. The van der Waals surface area contributed by atoms with Crippen LogP contribution in [0.5, 0.6) is 0 Å². The van der Waals surface area contributed by atoms with Gasteiger partial charge in [-0.1, -0.05) is 13.8 Å².